The monoisotopic (exact) mass is 465 g/mol. The Morgan fingerprint density at radius 3 is 2.30 bits per heavy atom. The molecule has 1 saturated heterocycles. The van der Waals surface area contributed by atoms with Crippen molar-refractivity contribution in [3.63, 3.8) is 0 Å². The van der Waals surface area contributed by atoms with Gasteiger partial charge in [0.1, 0.15) is 0 Å². The molecule has 140 valence electrons. The van der Waals surface area contributed by atoms with E-state index in [0.29, 0.717) is 10.6 Å². The number of amidine groups is 1. The van der Waals surface area contributed by atoms with Gasteiger partial charge < -0.3 is 4.90 Å². The number of halogens is 1. The Labute approximate surface area is 170 Å². The number of nitrogens with zero attached hydrogens (tertiary/aromatic N) is 3. The van der Waals surface area contributed by atoms with Crippen LogP contribution in [0.25, 0.3) is 0 Å². The summed E-state index contributed by atoms with van der Waals surface area (Å²) in [4.78, 5) is 16.4. The minimum atomic E-state index is -3.97. The SMILES string of the molecule is CN(C)/C=C1/SC(=NS(=O)(=O)c2ccc(Br)cc2)N(c2ccccc2)C1=O. The number of benzene rings is 2. The quantitative estimate of drug-likeness (QED) is 0.644. The number of rotatable bonds is 4. The van der Waals surface area contributed by atoms with Crippen molar-refractivity contribution in [1.29, 1.82) is 0 Å². The van der Waals surface area contributed by atoms with Crippen LogP contribution in [0, 0.1) is 0 Å². The van der Waals surface area contributed by atoms with Gasteiger partial charge in [0.2, 0.25) is 0 Å². The third kappa shape index (κ3) is 4.42. The maximum Gasteiger partial charge on any atom is 0.284 e. The van der Waals surface area contributed by atoms with Crippen molar-refractivity contribution in [2.75, 3.05) is 19.0 Å². The highest BCUT2D eigenvalue weighted by molar-refractivity contribution is 9.10. The molecule has 0 aliphatic carbocycles. The summed E-state index contributed by atoms with van der Waals surface area (Å²) in [5.74, 6) is -0.315. The van der Waals surface area contributed by atoms with E-state index in [1.165, 1.54) is 17.0 Å². The third-order valence-corrected chi connectivity index (χ3v) is 6.39. The van der Waals surface area contributed by atoms with Gasteiger partial charge >= 0.3 is 0 Å². The minimum absolute atomic E-state index is 0.0595. The molecule has 0 spiro atoms. The Balaban J connectivity index is 2.08. The second-order valence-corrected chi connectivity index (χ2v) is 9.37. The van der Waals surface area contributed by atoms with E-state index >= 15 is 0 Å². The fraction of sp³-hybridized carbons (Fsp3) is 0.111. The summed E-state index contributed by atoms with van der Waals surface area (Å²) in [6.07, 6.45) is 1.65. The predicted octanol–water partition coefficient (Wildman–Crippen LogP) is 3.68. The van der Waals surface area contributed by atoms with E-state index in [0.717, 1.165) is 16.2 Å². The summed E-state index contributed by atoms with van der Waals surface area (Å²) in [6, 6.07) is 15.0. The molecule has 3 rings (SSSR count). The number of carbonyl (C=O) groups excluding carboxylic acids is 1. The maximum absolute atomic E-state index is 12.8. The predicted molar refractivity (Wildman–Crippen MR) is 112 cm³/mol. The molecular weight excluding hydrogens is 450 g/mol. The van der Waals surface area contributed by atoms with Gasteiger partial charge in [0.15, 0.2) is 5.17 Å². The summed E-state index contributed by atoms with van der Waals surface area (Å²) < 4.78 is 30.2. The molecule has 0 radical (unpaired) electrons. The molecule has 0 aromatic heterocycles. The maximum atomic E-state index is 12.8. The highest BCUT2D eigenvalue weighted by Crippen LogP contribution is 2.35. The lowest BCUT2D eigenvalue weighted by atomic mass is 10.3. The van der Waals surface area contributed by atoms with E-state index < -0.39 is 10.0 Å². The van der Waals surface area contributed by atoms with Crippen LogP contribution in [0.2, 0.25) is 0 Å². The third-order valence-electron chi connectivity index (χ3n) is 3.51. The number of hydrogen-bond donors (Lipinski definition) is 0. The summed E-state index contributed by atoms with van der Waals surface area (Å²) in [6.45, 7) is 0. The van der Waals surface area contributed by atoms with Crippen LogP contribution in [0.5, 0.6) is 0 Å². The van der Waals surface area contributed by atoms with Gasteiger partial charge in [-0.3, -0.25) is 9.69 Å². The average Bonchev–Trinajstić information content (AvgIpc) is 2.90. The molecule has 1 fully saturated rings. The van der Waals surface area contributed by atoms with Crippen molar-refractivity contribution < 1.29 is 13.2 Å². The molecule has 0 N–H and O–H groups in total. The number of thioether (sulfide) groups is 1. The molecule has 1 amide bonds. The lowest BCUT2D eigenvalue weighted by Crippen LogP contribution is -2.29. The Morgan fingerprint density at radius 2 is 1.70 bits per heavy atom. The molecule has 0 bridgehead atoms. The molecule has 9 heteroatoms. The molecule has 6 nitrogen and oxygen atoms in total. The van der Waals surface area contributed by atoms with Crippen molar-refractivity contribution in [1.82, 2.24) is 4.90 Å². The molecule has 0 unspecified atom stereocenters. The van der Waals surface area contributed by atoms with Crippen LogP contribution >= 0.6 is 27.7 Å². The largest absolute Gasteiger partial charge is 0.382 e. The van der Waals surface area contributed by atoms with Crippen molar-refractivity contribution in [2.45, 2.75) is 4.90 Å². The molecule has 0 atom stereocenters. The highest BCUT2D eigenvalue weighted by Gasteiger charge is 2.36. The van der Waals surface area contributed by atoms with Gasteiger partial charge in [0, 0.05) is 24.8 Å². The summed E-state index contributed by atoms with van der Waals surface area (Å²) in [5, 5.41) is 0.0993. The van der Waals surface area contributed by atoms with E-state index in [-0.39, 0.29) is 16.0 Å². The minimum Gasteiger partial charge on any atom is -0.382 e. The van der Waals surface area contributed by atoms with Gasteiger partial charge in [0.25, 0.3) is 15.9 Å². The zero-order chi connectivity index (χ0) is 19.6. The standard InChI is InChI=1S/C18H16BrN3O3S2/c1-21(2)12-16-17(23)22(14-6-4-3-5-7-14)18(26-16)20-27(24,25)15-10-8-13(19)9-11-15/h3-12H,1-2H3/b16-12+,20-18?. The summed E-state index contributed by atoms with van der Waals surface area (Å²) in [5.41, 5.74) is 0.557. The fourth-order valence-corrected chi connectivity index (χ4v) is 4.83. The first-order valence-electron chi connectivity index (χ1n) is 7.84. The average molecular weight is 466 g/mol. The van der Waals surface area contributed by atoms with Crippen molar-refractivity contribution in [3.8, 4) is 0 Å². The van der Waals surface area contributed by atoms with Crippen LogP contribution in [0.3, 0.4) is 0 Å². The topological polar surface area (TPSA) is 70.1 Å². The molecule has 2 aromatic rings. The molecule has 1 heterocycles. The second-order valence-electron chi connectivity index (χ2n) is 5.84. The zero-order valence-corrected chi connectivity index (χ0v) is 17.8. The lowest BCUT2D eigenvalue weighted by molar-refractivity contribution is -0.113. The van der Waals surface area contributed by atoms with Gasteiger partial charge in [-0.05, 0) is 48.2 Å². The van der Waals surface area contributed by atoms with Gasteiger partial charge in [0.05, 0.1) is 15.5 Å². The second kappa shape index (κ2) is 7.87. The smallest absolute Gasteiger partial charge is 0.284 e. The number of carbonyl (C=O) groups is 1. The van der Waals surface area contributed by atoms with Crippen LogP contribution in [0.15, 0.2) is 79.5 Å². The van der Waals surface area contributed by atoms with Gasteiger partial charge in [-0.1, -0.05) is 34.1 Å². The molecule has 27 heavy (non-hydrogen) atoms. The Kier molecular flexibility index (Phi) is 5.73. The molecule has 0 saturated carbocycles. The van der Waals surface area contributed by atoms with E-state index in [4.69, 9.17) is 0 Å². The summed E-state index contributed by atoms with van der Waals surface area (Å²) >= 11 is 4.31. The zero-order valence-electron chi connectivity index (χ0n) is 14.5. The molecule has 1 aliphatic rings. The first-order chi connectivity index (χ1) is 12.8. The lowest BCUT2D eigenvalue weighted by Gasteiger charge is -2.15. The van der Waals surface area contributed by atoms with E-state index in [1.807, 2.05) is 6.07 Å². The number of hydrogen-bond acceptors (Lipinski definition) is 5. The Hall–Kier alpha value is -2.10. The molecule has 1 aliphatic heterocycles. The number of amides is 1. The van der Waals surface area contributed by atoms with E-state index in [1.54, 1.807) is 61.6 Å². The highest BCUT2D eigenvalue weighted by atomic mass is 79.9. The Bertz CT molecular complexity index is 1020. The van der Waals surface area contributed by atoms with E-state index in [9.17, 15) is 13.2 Å². The number of sulfonamides is 1. The van der Waals surface area contributed by atoms with Crippen LogP contribution in [-0.4, -0.2) is 38.5 Å². The first kappa shape index (κ1) is 19.7. The first-order valence-corrected chi connectivity index (χ1v) is 10.9. The van der Waals surface area contributed by atoms with Crippen LogP contribution in [0.1, 0.15) is 0 Å². The number of anilines is 1. The van der Waals surface area contributed by atoms with Crippen molar-refractivity contribution in [3.05, 3.63) is 70.2 Å². The molecular formula is C18H16BrN3O3S2. The van der Waals surface area contributed by atoms with Crippen LogP contribution in [0.4, 0.5) is 5.69 Å². The van der Waals surface area contributed by atoms with Gasteiger partial charge in [-0.15, -0.1) is 4.40 Å². The van der Waals surface area contributed by atoms with Crippen molar-refractivity contribution >= 4 is 54.5 Å². The van der Waals surface area contributed by atoms with E-state index in [2.05, 4.69) is 20.3 Å². The van der Waals surface area contributed by atoms with Gasteiger partial charge in [-0.2, -0.15) is 8.42 Å². The van der Waals surface area contributed by atoms with Gasteiger partial charge in [-0.25, -0.2) is 0 Å². The molecule has 2 aromatic carbocycles. The number of para-hydroxylation sites is 1. The Morgan fingerprint density at radius 1 is 1.07 bits per heavy atom. The summed E-state index contributed by atoms with van der Waals surface area (Å²) in [7, 11) is -0.379. The fourth-order valence-electron chi connectivity index (χ4n) is 2.33. The van der Waals surface area contributed by atoms with Crippen LogP contribution in [-0.2, 0) is 14.8 Å². The van der Waals surface area contributed by atoms with Crippen molar-refractivity contribution in [2.24, 2.45) is 4.40 Å². The van der Waals surface area contributed by atoms with Crippen LogP contribution < -0.4 is 4.90 Å². The normalized spacial score (nSPS) is 17.7.